The number of rotatable bonds is 5. The lowest BCUT2D eigenvalue weighted by Gasteiger charge is -2.08. The minimum atomic E-state index is 0.226. The molecule has 1 aliphatic heterocycles. The van der Waals surface area contributed by atoms with E-state index in [1.54, 1.807) is 0 Å². The van der Waals surface area contributed by atoms with Crippen molar-refractivity contribution in [1.29, 1.82) is 0 Å². The van der Waals surface area contributed by atoms with Crippen LogP contribution < -0.4 is 10.6 Å². The maximum absolute atomic E-state index is 3.79. The van der Waals surface area contributed by atoms with Gasteiger partial charge in [0.05, 0.1) is 17.6 Å². The van der Waals surface area contributed by atoms with Crippen LogP contribution in [0.1, 0.15) is 27.7 Å². The quantitative estimate of drug-likeness (QED) is 0.728. The fraction of sp³-hybridized carbons (Fsp3) is 0.294. The van der Waals surface area contributed by atoms with Gasteiger partial charge in [-0.05, 0) is 38.8 Å². The van der Waals surface area contributed by atoms with Crippen molar-refractivity contribution in [2.24, 2.45) is 0 Å². The Labute approximate surface area is 117 Å². The molecule has 0 amide bonds. The van der Waals surface area contributed by atoms with Gasteiger partial charge in [-0.1, -0.05) is 49.1 Å². The Balaban J connectivity index is 3.31. The first kappa shape index (κ1) is 15.1. The van der Waals surface area contributed by atoms with Gasteiger partial charge in [0.2, 0.25) is 0 Å². The Morgan fingerprint density at radius 1 is 1.00 bits per heavy atom. The van der Waals surface area contributed by atoms with Gasteiger partial charge in [-0.25, -0.2) is 0 Å². The molecule has 0 saturated carbocycles. The lowest BCUT2D eigenvalue weighted by molar-refractivity contribution is 0.608. The molecule has 1 unspecified atom stereocenters. The van der Waals surface area contributed by atoms with E-state index < -0.39 is 0 Å². The van der Waals surface area contributed by atoms with E-state index >= 15 is 0 Å². The number of allylic oxidation sites excluding steroid dienone is 7. The minimum Gasteiger partial charge on any atom is -0.363 e. The largest absolute Gasteiger partial charge is 0.363 e. The molecular weight excluding hydrogens is 232 g/mol. The third-order valence-corrected chi connectivity index (χ3v) is 2.85. The molecule has 1 atom stereocenters. The molecule has 0 spiro atoms. The van der Waals surface area contributed by atoms with Crippen LogP contribution in [-0.4, -0.2) is 6.17 Å². The summed E-state index contributed by atoms with van der Waals surface area (Å²) in [7, 11) is 0. The SMILES string of the molecule is C=C/C=C(\C=C/C)C1=C(C(/C=C\C)=C/C)NC(C)N1. The maximum Gasteiger partial charge on any atom is 0.0936 e. The molecule has 102 valence electrons. The van der Waals surface area contributed by atoms with Crippen LogP contribution in [0.2, 0.25) is 0 Å². The molecule has 0 aromatic carbocycles. The zero-order valence-corrected chi connectivity index (χ0v) is 12.3. The number of hydrogen-bond donors (Lipinski definition) is 2. The van der Waals surface area contributed by atoms with Crippen molar-refractivity contribution in [1.82, 2.24) is 10.6 Å². The predicted octanol–water partition coefficient (Wildman–Crippen LogP) is 3.95. The van der Waals surface area contributed by atoms with Crippen molar-refractivity contribution in [3.63, 3.8) is 0 Å². The maximum atomic E-state index is 3.79. The Kier molecular flexibility index (Phi) is 5.94. The lowest BCUT2D eigenvalue weighted by Crippen LogP contribution is -2.29. The highest BCUT2D eigenvalue weighted by Crippen LogP contribution is 2.24. The Bertz CT molecular complexity index is 473. The molecule has 2 heteroatoms. The average molecular weight is 256 g/mol. The van der Waals surface area contributed by atoms with Gasteiger partial charge in [-0.15, -0.1) is 0 Å². The van der Waals surface area contributed by atoms with Crippen LogP contribution in [0.15, 0.2) is 71.7 Å². The summed E-state index contributed by atoms with van der Waals surface area (Å²) in [4.78, 5) is 0. The monoisotopic (exact) mass is 256 g/mol. The molecular formula is C17H24N2. The van der Waals surface area contributed by atoms with Crippen LogP contribution in [0, 0.1) is 0 Å². The van der Waals surface area contributed by atoms with Crippen LogP contribution in [0.5, 0.6) is 0 Å². The molecule has 0 aromatic heterocycles. The molecule has 1 rings (SSSR count). The van der Waals surface area contributed by atoms with Crippen molar-refractivity contribution in [2.75, 3.05) is 0 Å². The van der Waals surface area contributed by atoms with Crippen LogP contribution in [0.3, 0.4) is 0 Å². The first-order valence-corrected chi connectivity index (χ1v) is 6.70. The second kappa shape index (κ2) is 7.47. The first-order valence-electron chi connectivity index (χ1n) is 6.70. The normalized spacial score (nSPS) is 21.2. The summed E-state index contributed by atoms with van der Waals surface area (Å²) >= 11 is 0. The molecule has 0 saturated heterocycles. The standard InChI is InChI=1S/C17H24N2/c1-6-10-14(9-4)16-17(19-13(5)18-16)15(11-7-2)12-8-3/h6-13,18-19H,2H2,1,3-5H3/b10-6-,12-8-,14-9+,15-11+. The highest BCUT2D eigenvalue weighted by atomic mass is 15.2. The zero-order chi connectivity index (χ0) is 14.3. The summed E-state index contributed by atoms with van der Waals surface area (Å²) in [6.45, 7) is 12.0. The zero-order valence-electron chi connectivity index (χ0n) is 12.3. The van der Waals surface area contributed by atoms with Gasteiger partial charge >= 0.3 is 0 Å². The van der Waals surface area contributed by atoms with Crippen LogP contribution in [0.4, 0.5) is 0 Å². The fourth-order valence-corrected chi connectivity index (χ4v) is 2.10. The summed E-state index contributed by atoms with van der Waals surface area (Å²) in [6.07, 6.45) is 14.5. The highest BCUT2D eigenvalue weighted by molar-refractivity contribution is 5.53. The van der Waals surface area contributed by atoms with Crippen LogP contribution in [-0.2, 0) is 0 Å². The van der Waals surface area contributed by atoms with E-state index in [1.807, 2.05) is 32.1 Å². The molecule has 1 aliphatic rings. The minimum absolute atomic E-state index is 0.226. The third-order valence-electron chi connectivity index (χ3n) is 2.85. The summed E-state index contributed by atoms with van der Waals surface area (Å²) in [6, 6.07) is 0. The van der Waals surface area contributed by atoms with E-state index in [0.717, 1.165) is 17.0 Å². The van der Waals surface area contributed by atoms with Crippen molar-refractivity contribution >= 4 is 0 Å². The molecule has 0 bridgehead atoms. The second-order valence-electron chi connectivity index (χ2n) is 4.36. The molecule has 2 nitrogen and oxygen atoms in total. The van der Waals surface area contributed by atoms with Gasteiger partial charge in [0.1, 0.15) is 0 Å². The average Bonchev–Trinajstić information content (AvgIpc) is 2.77. The van der Waals surface area contributed by atoms with Gasteiger partial charge in [-0.3, -0.25) is 0 Å². The molecule has 19 heavy (non-hydrogen) atoms. The molecule has 1 heterocycles. The van der Waals surface area contributed by atoms with E-state index in [4.69, 9.17) is 0 Å². The lowest BCUT2D eigenvalue weighted by atomic mass is 10.0. The molecule has 2 N–H and O–H groups in total. The van der Waals surface area contributed by atoms with Crippen molar-refractivity contribution in [3.8, 4) is 0 Å². The van der Waals surface area contributed by atoms with E-state index in [2.05, 4.69) is 55.4 Å². The van der Waals surface area contributed by atoms with E-state index in [-0.39, 0.29) is 6.17 Å². The Morgan fingerprint density at radius 3 is 2.00 bits per heavy atom. The van der Waals surface area contributed by atoms with E-state index in [9.17, 15) is 0 Å². The summed E-state index contributed by atoms with van der Waals surface area (Å²) in [5.74, 6) is 0. The van der Waals surface area contributed by atoms with Crippen molar-refractivity contribution < 1.29 is 0 Å². The van der Waals surface area contributed by atoms with Gasteiger partial charge in [0.15, 0.2) is 0 Å². The van der Waals surface area contributed by atoms with Gasteiger partial charge in [0, 0.05) is 0 Å². The summed E-state index contributed by atoms with van der Waals surface area (Å²) < 4.78 is 0. The van der Waals surface area contributed by atoms with Crippen LogP contribution in [0.25, 0.3) is 0 Å². The Morgan fingerprint density at radius 2 is 1.53 bits per heavy atom. The summed E-state index contributed by atoms with van der Waals surface area (Å²) in [5.41, 5.74) is 4.58. The topological polar surface area (TPSA) is 24.1 Å². The first-order chi connectivity index (χ1) is 9.17. The fourth-order valence-electron chi connectivity index (χ4n) is 2.10. The van der Waals surface area contributed by atoms with Gasteiger partial charge in [0.25, 0.3) is 0 Å². The number of nitrogens with one attached hydrogen (secondary N) is 2. The molecule has 0 aliphatic carbocycles. The van der Waals surface area contributed by atoms with Crippen molar-refractivity contribution in [2.45, 2.75) is 33.9 Å². The second-order valence-corrected chi connectivity index (χ2v) is 4.36. The summed E-state index contributed by atoms with van der Waals surface area (Å²) in [5, 5.41) is 6.95. The van der Waals surface area contributed by atoms with Crippen molar-refractivity contribution in [3.05, 3.63) is 71.7 Å². The molecule has 0 radical (unpaired) electrons. The highest BCUT2D eigenvalue weighted by Gasteiger charge is 2.21. The molecule has 0 aromatic rings. The smallest absolute Gasteiger partial charge is 0.0936 e. The van der Waals surface area contributed by atoms with Gasteiger partial charge < -0.3 is 10.6 Å². The molecule has 0 fully saturated rings. The van der Waals surface area contributed by atoms with E-state index in [0.29, 0.717) is 0 Å². The van der Waals surface area contributed by atoms with Gasteiger partial charge in [-0.2, -0.15) is 0 Å². The van der Waals surface area contributed by atoms with E-state index in [1.165, 1.54) is 5.57 Å². The van der Waals surface area contributed by atoms with Crippen LogP contribution >= 0.6 is 0 Å². The number of hydrogen-bond acceptors (Lipinski definition) is 2. The third kappa shape index (κ3) is 3.75. The Hall–Kier alpha value is -1.96. The predicted molar refractivity (Wildman–Crippen MR) is 84.4 cm³/mol.